The van der Waals surface area contributed by atoms with Gasteiger partial charge in [0.15, 0.2) is 0 Å². The van der Waals surface area contributed by atoms with Crippen LogP contribution >= 0.6 is 0 Å². The van der Waals surface area contributed by atoms with Crippen LogP contribution in [0, 0.1) is 13.8 Å². The summed E-state index contributed by atoms with van der Waals surface area (Å²) in [6.45, 7) is 8.24. The molecule has 1 atom stereocenters. The van der Waals surface area contributed by atoms with Crippen molar-refractivity contribution in [3.63, 3.8) is 0 Å². The van der Waals surface area contributed by atoms with Crippen LogP contribution in [0.2, 0.25) is 0 Å². The third-order valence-electron chi connectivity index (χ3n) is 4.66. The zero-order valence-corrected chi connectivity index (χ0v) is 15.1. The fourth-order valence-electron chi connectivity index (χ4n) is 3.07. The SMILES string of the molecule is Cc1nc(CNC(=O)N[C@H](C)c2cccc(N3CCCC3)c2)oc1C. The number of rotatable bonds is 5. The minimum absolute atomic E-state index is 0.0735. The molecular weight excluding hydrogens is 316 g/mol. The molecule has 3 rings (SSSR count). The van der Waals surface area contributed by atoms with E-state index in [0.29, 0.717) is 5.89 Å². The summed E-state index contributed by atoms with van der Waals surface area (Å²) in [5, 5.41) is 5.76. The smallest absolute Gasteiger partial charge is 0.315 e. The molecular formula is C19H26N4O2. The van der Waals surface area contributed by atoms with Gasteiger partial charge in [-0.1, -0.05) is 12.1 Å². The maximum Gasteiger partial charge on any atom is 0.315 e. The number of aryl methyl sites for hydroxylation is 2. The zero-order valence-electron chi connectivity index (χ0n) is 15.1. The van der Waals surface area contributed by atoms with Crippen LogP contribution in [0.15, 0.2) is 28.7 Å². The molecule has 1 aromatic heterocycles. The number of urea groups is 1. The average molecular weight is 342 g/mol. The van der Waals surface area contributed by atoms with E-state index in [0.717, 1.165) is 30.1 Å². The van der Waals surface area contributed by atoms with E-state index < -0.39 is 0 Å². The van der Waals surface area contributed by atoms with E-state index in [9.17, 15) is 4.79 Å². The number of nitrogens with zero attached hydrogens (tertiary/aromatic N) is 2. The van der Waals surface area contributed by atoms with E-state index in [1.165, 1.54) is 18.5 Å². The summed E-state index contributed by atoms with van der Waals surface area (Å²) in [5.41, 5.74) is 3.18. The molecule has 2 aromatic rings. The lowest BCUT2D eigenvalue weighted by atomic mass is 10.1. The third-order valence-corrected chi connectivity index (χ3v) is 4.66. The van der Waals surface area contributed by atoms with E-state index in [1.54, 1.807) is 0 Å². The molecule has 1 saturated heterocycles. The van der Waals surface area contributed by atoms with E-state index in [2.05, 4.69) is 38.7 Å². The molecule has 2 amide bonds. The number of anilines is 1. The summed E-state index contributed by atoms with van der Waals surface area (Å²) in [7, 11) is 0. The van der Waals surface area contributed by atoms with Gasteiger partial charge in [0.2, 0.25) is 5.89 Å². The second-order valence-corrected chi connectivity index (χ2v) is 6.59. The highest BCUT2D eigenvalue weighted by molar-refractivity contribution is 5.74. The summed E-state index contributed by atoms with van der Waals surface area (Å²) < 4.78 is 5.47. The quantitative estimate of drug-likeness (QED) is 0.873. The van der Waals surface area contributed by atoms with Gasteiger partial charge in [0, 0.05) is 18.8 Å². The Labute approximate surface area is 148 Å². The molecule has 2 heterocycles. The van der Waals surface area contributed by atoms with E-state index in [1.807, 2.05) is 26.8 Å². The Morgan fingerprint density at radius 3 is 2.76 bits per heavy atom. The van der Waals surface area contributed by atoms with Crippen LogP contribution in [0.25, 0.3) is 0 Å². The highest BCUT2D eigenvalue weighted by Gasteiger charge is 2.15. The molecule has 0 bridgehead atoms. The molecule has 2 N–H and O–H groups in total. The molecule has 25 heavy (non-hydrogen) atoms. The first-order chi connectivity index (χ1) is 12.0. The van der Waals surface area contributed by atoms with Crippen molar-refractivity contribution < 1.29 is 9.21 Å². The van der Waals surface area contributed by atoms with Crippen molar-refractivity contribution in [1.82, 2.24) is 15.6 Å². The normalized spacial score (nSPS) is 15.2. The van der Waals surface area contributed by atoms with Gasteiger partial charge in [-0.05, 0) is 51.3 Å². The Kier molecular flexibility index (Phi) is 5.26. The van der Waals surface area contributed by atoms with Gasteiger partial charge in [-0.15, -0.1) is 0 Å². The topological polar surface area (TPSA) is 70.4 Å². The molecule has 0 unspecified atom stereocenters. The highest BCUT2D eigenvalue weighted by Crippen LogP contribution is 2.23. The summed E-state index contributed by atoms with van der Waals surface area (Å²) >= 11 is 0. The van der Waals surface area contributed by atoms with E-state index in [4.69, 9.17) is 4.42 Å². The number of carbonyl (C=O) groups is 1. The molecule has 0 saturated carbocycles. The standard InChI is InChI=1S/C19H26N4O2/c1-13-15(3)25-18(21-13)12-20-19(24)22-14(2)16-7-6-8-17(11-16)23-9-4-5-10-23/h6-8,11,14H,4-5,9-10,12H2,1-3H3,(H2,20,22,24)/t14-/m1/s1. The van der Waals surface area contributed by atoms with Crippen molar-refractivity contribution in [3.8, 4) is 0 Å². The van der Waals surface area contributed by atoms with Gasteiger partial charge in [0.1, 0.15) is 5.76 Å². The summed E-state index contributed by atoms with van der Waals surface area (Å²) in [6.07, 6.45) is 2.50. The van der Waals surface area contributed by atoms with Gasteiger partial charge in [-0.3, -0.25) is 0 Å². The third kappa shape index (κ3) is 4.32. The highest BCUT2D eigenvalue weighted by atomic mass is 16.4. The maximum absolute atomic E-state index is 12.1. The van der Waals surface area contributed by atoms with Crippen LogP contribution in [0.5, 0.6) is 0 Å². The number of benzene rings is 1. The van der Waals surface area contributed by atoms with Gasteiger partial charge in [0.05, 0.1) is 18.3 Å². The predicted molar refractivity (Wildman–Crippen MR) is 97.7 cm³/mol. The lowest BCUT2D eigenvalue weighted by Gasteiger charge is -2.20. The first kappa shape index (κ1) is 17.3. The summed E-state index contributed by atoms with van der Waals surface area (Å²) in [6, 6.07) is 8.09. The lowest BCUT2D eigenvalue weighted by Crippen LogP contribution is -2.36. The van der Waals surface area contributed by atoms with Crippen LogP contribution in [0.4, 0.5) is 10.5 Å². The second kappa shape index (κ2) is 7.59. The Hall–Kier alpha value is -2.50. The van der Waals surface area contributed by atoms with Crippen molar-refractivity contribution in [2.24, 2.45) is 0 Å². The molecule has 0 aliphatic carbocycles. The molecule has 134 valence electrons. The van der Waals surface area contributed by atoms with Crippen LogP contribution < -0.4 is 15.5 Å². The first-order valence-electron chi connectivity index (χ1n) is 8.85. The largest absolute Gasteiger partial charge is 0.444 e. The molecule has 1 aliphatic heterocycles. The number of nitrogens with one attached hydrogen (secondary N) is 2. The predicted octanol–water partition coefficient (Wildman–Crippen LogP) is 3.45. The molecule has 6 nitrogen and oxygen atoms in total. The number of hydrogen-bond donors (Lipinski definition) is 2. The Bertz CT molecular complexity index is 715. The van der Waals surface area contributed by atoms with Gasteiger partial charge < -0.3 is 20.0 Å². The Morgan fingerprint density at radius 2 is 2.08 bits per heavy atom. The minimum Gasteiger partial charge on any atom is -0.444 e. The molecule has 6 heteroatoms. The van der Waals surface area contributed by atoms with Crippen molar-refractivity contribution in [1.29, 1.82) is 0 Å². The second-order valence-electron chi connectivity index (χ2n) is 6.59. The average Bonchev–Trinajstić information content (AvgIpc) is 3.24. The molecule has 1 fully saturated rings. The van der Waals surface area contributed by atoms with E-state index >= 15 is 0 Å². The van der Waals surface area contributed by atoms with Crippen molar-refractivity contribution in [3.05, 3.63) is 47.2 Å². The first-order valence-corrected chi connectivity index (χ1v) is 8.85. The van der Waals surface area contributed by atoms with Gasteiger partial charge in [-0.25, -0.2) is 9.78 Å². The van der Waals surface area contributed by atoms with Crippen LogP contribution in [0.3, 0.4) is 0 Å². The number of oxazole rings is 1. The van der Waals surface area contributed by atoms with Gasteiger partial charge in [-0.2, -0.15) is 0 Å². The Balaban J connectivity index is 1.55. The number of hydrogen-bond acceptors (Lipinski definition) is 4. The molecule has 0 radical (unpaired) electrons. The maximum atomic E-state index is 12.1. The van der Waals surface area contributed by atoms with Crippen molar-refractivity contribution in [2.45, 2.75) is 46.2 Å². The number of carbonyl (C=O) groups excluding carboxylic acids is 1. The summed E-state index contributed by atoms with van der Waals surface area (Å²) in [4.78, 5) is 18.8. The molecule has 1 aliphatic rings. The zero-order chi connectivity index (χ0) is 17.8. The lowest BCUT2D eigenvalue weighted by molar-refractivity contribution is 0.236. The fourth-order valence-corrected chi connectivity index (χ4v) is 3.07. The van der Waals surface area contributed by atoms with E-state index in [-0.39, 0.29) is 18.6 Å². The molecule has 1 aromatic carbocycles. The monoisotopic (exact) mass is 342 g/mol. The number of amides is 2. The van der Waals surface area contributed by atoms with Crippen LogP contribution in [-0.2, 0) is 6.54 Å². The van der Waals surface area contributed by atoms with Crippen LogP contribution in [-0.4, -0.2) is 24.1 Å². The fraction of sp³-hybridized carbons (Fsp3) is 0.474. The van der Waals surface area contributed by atoms with Crippen LogP contribution in [0.1, 0.15) is 48.7 Å². The van der Waals surface area contributed by atoms with Gasteiger partial charge in [0.25, 0.3) is 0 Å². The van der Waals surface area contributed by atoms with Gasteiger partial charge >= 0.3 is 6.03 Å². The van der Waals surface area contributed by atoms with Crippen molar-refractivity contribution in [2.75, 3.05) is 18.0 Å². The minimum atomic E-state index is -0.229. The molecule has 0 spiro atoms. The summed E-state index contributed by atoms with van der Waals surface area (Å²) in [5.74, 6) is 1.30. The number of aromatic nitrogens is 1. The Morgan fingerprint density at radius 1 is 1.32 bits per heavy atom. The van der Waals surface area contributed by atoms with Crippen molar-refractivity contribution >= 4 is 11.7 Å².